The lowest BCUT2D eigenvalue weighted by atomic mass is 10.2. The Bertz CT molecular complexity index is 717. The van der Waals surface area contributed by atoms with Gasteiger partial charge in [0.15, 0.2) is 0 Å². The maximum Gasteiger partial charge on any atom is 0.417 e. The van der Waals surface area contributed by atoms with E-state index in [0.717, 1.165) is 0 Å². The summed E-state index contributed by atoms with van der Waals surface area (Å²) in [6.45, 7) is 3.83. The van der Waals surface area contributed by atoms with Gasteiger partial charge in [-0.3, -0.25) is 4.79 Å². The molecule has 0 aromatic carbocycles. The van der Waals surface area contributed by atoms with Crippen LogP contribution in [0.1, 0.15) is 41.6 Å². The topological polar surface area (TPSA) is 67.8 Å². The molecule has 0 aliphatic rings. The average Bonchev–Trinajstić information content (AvgIpc) is 2.46. The summed E-state index contributed by atoms with van der Waals surface area (Å²) in [5, 5.41) is 2.04. The van der Waals surface area contributed by atoms with Crippen molar-refractivity contribution in [3.8, 4) is 0 Å². The minimum absolute atomic E-state index is 0.130. The number of nitrogens with zero attached hydrogens (tertiary/aromatic N) is 3. The summed E-state index contributed by atoms with van der Waals surface area (Å²) in [4.78, 5) is 23.6. The van der Waals surface area contributed by atoms with Gasteiger partial charge in [0.25, 0.3) is 5.91 Å². The van der Waals surface area contributed by atoms with E-state index in [-0.39, 0.29) is 17.3 Å². The highest BCUT2D eigenvalue weighted by molar-refractivity contribution is 6.34. The first-order chi connectivity index (χ1) is 10.7. The maximum absolute atomic E-state index is 12.5. The van der Waals surface area contributed by atoms with Crippen LogP contribution in [-0.4, -0.2) is 20.9 Å². The smallest absolute Gasteiger partial charge is 0.318 e. The molecule has 2 rings (SSSR count). The van der Waals surface area contributed by atoms with E-state index in [4.69, 9.17) is 11.6 Å². The van der Waals surface area contributed by atoms with Crippen molar-refractivity contribution in [2.75, 3.05) is 5.32 Å². The molecule has 2 aromatic heterocycles. The molecule has 122 valence electrons. The van der Waals surface area contributed by atoms with Crippen molar-refractivity contribution in [1.29, 1.82) is 0 Å². The number of hydrogen-bond donors (Lipinski definition) is 1. The van der Waals surface area contributed by atoms with Crippen LogP contribution in [0.3, 0.4) is 0 Å². The summed E-state index contributed by atoms with van der Waals surface area (Å²) < 4.78 is 37.6. The predicted octanol–water partition coefficient (Wildman–Crippen LogP) is 3.92. The van der Waals surface area contributed by atoms with Crippen LogP contribution in [-0.2, 0) is 6.18 Å². The first kappa shape index (κ1) is 17.1. The molecular weight excluding hydrogens is 333 g/mol. The number of anilines is 1. The van der Waals surface area contributed by atoms with Crippen molar-refractivity contribution in [2.24, 2.45) is 0 Å². The number of halogens is 4. The number of nitrogens with one attached hydrogen (secondary N) is 1. The van der Waals surface area contributed by atoms with Gasteiger partial charge in [0, 0.05) is 12.1 Å². The Morgan fingerprint density at radius 2 is 1.78 bits per heavy atom. The molecule has 2 aromatic rings. The Labute approximate surface area is 134 Å². The molecule has 0 aliphatic carbocycles. The van der Waals surface area contributed by atoms with E-state index in [1.165, 1.54) is 12.4 Å². The van der Waals surface area contributed by atoms with E-state index < -0.39 is 22.7 Å². The van der Waals surface area contributed by atoms with Crippen LogP contribution in [0, 0.1) is 0 Å². The zero-order valence-corrected chi connectivity index (χ0v) is 12.9. The molecule has 0 spiro atoms. The second kappa shape index (κ2) is 6.49. The van der Waals surface area contributed by atoms with Gasteiger partial charge in [0.1, 0.15) is 11.5 Å². The molecular formula is C14H12ClF3N4O. The molecule has 0 saturated carbocycles. The van der Waals surface area contributed by atoms with Gasteiger partial charge in [-0.1, -0.05) is 25.4 Å². The monoisotopic (exact) mass is 344 g/mol. The predicted molar refractivity (Wildman–Crippen MR) is 78.3 cm³/mol. The average molecular weight is 345 g/mol. The largest absolute Gasteiger partial charge is 0.417 e. The van der Waals surface area contributed by atoms with Crippen LogP contribution in [0.25, 0.3) is 0 Å². The van der Waals surface area contributed by atoms with E-state index in [1.54, 1.807) is 0 Å². The molecule has 1 amide bonds. The summed E-state index contributed by atoms with van der Waals surface area (Å²) >= 11 is 5.71. The molecule has 0 radical (unpaired) electrons. The second-order valence-corrected chi connectivity index (χ2v) is 5.40. The van der Waals surface area contributed by atoms with E-state index >= 15 is 0 Å². The molecule has 2 heterocycles. The van der Waals surface area contributed by atoms with Gasteiger partial charge < -0.3 is 5.32 Å². The van der Waals surface area contributed by atoms with Crippen LogP contribution in [0.15, 0.2) is 24.7 Å². The number of aromatic nitrogens is 3. The summed E-state index contributed by atoms with van der Waals surface area (Å²) in [5.74, 6) is -0.0101. The summed E-state index contributed by atoms with van der Waals surface area (Å²) in [6.07, 6.45) is -1.22. The second-order valence-electron chi connectivity index (χ2n) is 4.99. The molecule has 0 unspecified atom stereocenters. The van der Waals surface area contributed by atoms with E-state index in [9.17, 15) is 18.0 Å². The molecule has 0 atom stereocenters. The van der Waals surface area contributed by atoms with Gasteiger partial charge in [-0.2, -0.15) is 13.2 Å². The lowest BCUT2D eigenvalue weighted by molar-refractivity contribution is -0.137. The van der Waals surface area contributed by atoms with Crippen molar-refractivity contribution in [3.05, 3.63) is 46.8 Å². The SMILES string of the molecule is CC(C)c1ncc(NC(=O)c2ncc(C(F)(F)F)cc2Cl)cn1. The zero-order chi connectivity index (χ0) is 17.2. The Balaban J connectivity index is 2.17. The van der Waals surface area contributed by atoms with Gasteiger partial charge in [0.05, 0.1) is 28.7 Å². The Hall–Kier alpha value is -2.22. The van der Waals surface area contributed by atoms with Crippen molar-refractivity contribution >= 4 is 23.2 Å². The third kappa shape index (κ3) is 4.16. The Morgan fingerprint density at radius 3 is 2.26 bits per heavy atom. The van der Waals surface area contributed by atoms with Crippen LogP contribution < -0.4 is 5.32 Å². The number of alkyl halides is 3. The Kier molecular flexibility index (Phi) is 4.84. The zero-order valence-electron chi connectivity index (χ0n) is 12.1. The number of hydrogen-bond acceptors (Lipinski definition) is 4. The van der Waals surface area contributed by atoms with E-state index in [2.05, 4.69) is 20.3 Å². The van der Waals surface area contributed by atoms with Gasteiger partial charge in [0.2, 0.25) is 0 Å². The number of carbonyl (C=O) groups excluding carboxylic acids is 1. The van der Waals surface area contributed by atoms with Crippen LogP contribution >= 0.6 is 11.6 Å². The minimum Gasteiger partial charge on any atom is -0.318 e. The highest BCUT2D eigenvalue weighted by Gasteiger charge is 2.32. The molecule has 5 nitrogen and oxygen atoms in total. The number of amides is 1. The molecule has 0 bridgehead atoms. The van der Waals surface area contributed by atoms with E-state index in [0.29, 0.717) is 18.1 Å². The van der Waals surface area contributed by atoms with Crippen LogP contribution in [0.5, 0.6) is 0 Å². The summed E-state index contributed by atoms with van der Waals surface area (Å²) in [7, 11) is 0. The molecule has 0 aliphatic heterocycles. The van der Waals surface area contributed by atoms with Crippen LogP contribution in [0.2, 0.25) is 5.02 Å². The molecule has 23 heavy (non-hydrogen) atoms. The fourth-order valence-electron chi connectivity index (χ4n) is 1.65. The van der Waals surface area contributed by atoms with Crippen molar-refractivity contribution in [1.82, 2.24) is 15.0 Å². The first-order valence-electron chi connectivity index (χ1n) is 6.54. The van der Waals surface area contributed by atoms with Gasteiger partial charge in [-0.15, -0.1) is 0 Å². The first-order valence-corrected chi connectivity index (χ1v) is 6.92. The molecule has 9 heteroatoms. The minimum atomic E-state index is -4.58. The fourth-order valence-corrected chi connectivity index (χ4v) is 1.90. The highest BCUT2D eigenvalue weighted by atomic mass is 35.5. The van der Waals surface area contributed by atoms with Crippen molar-refractivity contribution < 1.29 is 18.0 Å². The van der Waals surface area contributed by atoms with Crippen LogP contribution in [0.4, 0.5) is 18.9 Å². The van der Waals surface area contributed by atoms with Gasteiger partial charge >= 0.3 is 6.18 Å². The van der Waals surface area contributed by atoms with Gasteiger partial charge in [-0.05, 0) is 6.07 Å². The van der Waals surface area contributed by atoms with Gasteiger partial charge in [-0.25, -0.2) is 15.0 Å². The Morgan fingerprint density at radius 1 is 1.17 bits per heavy atom. The highest BCUT2D eigenvalue weighted by Crippen LogP contribution is 2.31. The molecule has 0 saturated heterocycles. The van der Waals surface area contributed by atoms with E-state index in [1.807, 2.05) is 13.8 Å². The number of pyridine rings is 1. The van der Waals surface area contributed by atoms with Crippen molar-refractivity contribution in [2.45, 2.75) is 25.9 Å². The quantitative estimate of drug-likeness (QED) is 0.916. The normalized spacial score (nSPS) is 11.6. The molecule has 0 fully saturated rings. The number of rotatable bonds is 3. The standard InChI is InChI=1S/C14H12ClF3N4O/c1-7(2)12-20-5-9(6-21-12)22-13(23)11-10(15)3-8(4-19-11)14(16,17)18/h3-7H,1-2H3,(H,22,23). The maximum atomic E-state index is 12.5. The third-order valence-corrected chi connectivity index (χ3v) is 3.12. The molecule has 1 N–H and O–H groups in total. The summed E-state index contributed by atoms with van der Waals surface area (Å²) in [5.41, 5.74) is -1.05. The van der Waals surface area contributed by atoms with Crippen molar-refractivity contribution in [3.63, 3.8) is 0 Å². The lowest BCUT2D eigenvalue weighted by Crippen LogP contribution is -2.16. The lowest BCUT2D eigenvalue weighted by Gasteiger charge is -2.10. The number of carbonyl (C=O) groups is 1. The summed E-state index contributed by atoms with van der Waals surface area (Å²) in [6, 6.07) is 0.655. The fraction of sp³-hybridized carbons (Fsp3) is 0.286. The third-order valence-electron chi connectivity index (χ3n) is 2.83.